The van der Waals surface area contributed by atoms with Crippen LogP contribution < -0.4 is 14.2 Å². The van der Waals surface area contributed by atoms with Crippen LogP contribution in [0.1, 0.15) is 51.0 Å². The quantitative estimate of drug-likeness (QED) is 0.151. The summed E-state index contributed by atoms with van der Waals surface area (Å²) in [5, 5.41) is 0. The van der Waals surface area contributed by atoms with Crippen LogP contribution in [0, 0.1) is 0 Å². The molecule has 0 N–H and O–H groups in total. The number of hydrogen-bond acceptors (Lipinski definition) is 3. The lowest BCUT2D eigenvalue weighted by Gasteiger charge is -2.27. The SMILES string of the molecule is CCN1/C(=C/C=C2\CC(c3ccccc3)CC(/C=C/c3oc4ccc(-c5ccccc5)cc4[n+]3CC)=C2C)Oc2ccc(-c3ccccc3)cc21. The third-order valence-corrected chi connectivity index (χ3v) is 10.3. The van der Waals surface area contributed by atoms with Gasteiger partial charge in [0.1, 0.15) is 6.54 Å². The van der Waals surface area contributed by atoms with Crippen LogP contribution in [0.5, 0.6) is 5.75 Å². The summed E-state index contributed by atoms with van der Waals surface area (Å²) in [5.74, 6) is 2.99. The number of nitrogens with zero attached hydrogens (tertiary/aromatic N) is 2. The number of benzene rings is 5. The van der Waals surface area contributed by atoms with Gasteiger partial charge in [0, 0.05) is 12.6 Å². The first-order valence-corrected chi connectivity index (χ1v) is 18.1. The Balaban J connectivity index is 1.13. The molecular formula is C47H43N2O2+. The number of aromatic nitrogens is 1. The van der Waals surface area contributed by atoms with Crippen LogP contribution in [0.25, 0.3) is 39.4 Å². The molecule has 252 valence electrons. The van der Waals surface area contributed by atoms with Crippen molar-refractivity contribution in [1.82, 2.24) is 0 Å². The van der Waals surface area contributed by atoms with Gasteiger partial charge in [0.2, 0.25) is 11.5 Å². The number of rotatable bonds is 8. The Kier molecular flexibility index (Phi) is 8.98. The second kappa shape index (κ2) is 14.2. The fourth-order valence-corrected chi connectivity index (χ4v) is 7.53. The van der Waals surface area contributed by atoms with Crippen LogP contribution in [0.15, 0.2) is 173 Å². The molecule has 51 heavy (non-hydrogen) atoms. The van der Waals surface area contributed by atoms with Gasteiger partial charge in [-0.2, -0.15) is 4.57 Å². The van der Waals surface area contributed by atoms with Crippen molar-refractivity contribution in [3.05, 3.63) is 180 Å². The fourth-order valence-electron chi connectivity index (χ4n) is 7.53. The van der Waals surface area contributed by atoms with E-state index in [-0.39, 0.29) is 0 Å². The summed E-state index contributed by atoms with van der Waals surface area (Å²) in [5.41, 5.74) is 13.2. The number of ether oxygens (including phenoxy) is 1. The third-order valence-electron chi connectivity index (χ3n) is 10.3. The maximum Gasteiger partial charge on any atom is 0.374 e. The molecule has 6 aromatic rings. The van der Waals surface area contributed by atoms with Gasteiger partial charge in [-0.15, -0.1) is 0 Å². The molecular weight excluding hydrogens is 625 g/mol. The van der Waals surface area contributed by atoms with Crippen molar-refractivity contribution in [2.75, 3.05) is 11.4 Å². The molecule has 1 aliphatic carbocycles. The van der Waals surface area contributed by atoms with Crippen molar-refractivity contribution in [3.8, 4) is 28.0 Å². The summed E-state index contributed by atoms with van der Waals surface area (Å²) in [4.78, 5) is 2.27. The molecule has 0 fully saturated rings. The van der Waals surface area contributed by atoms with Gasteiger partial charge in [0.25, 0.3) is 5.52 Å². The van der Waals surface area contributed by atoms with E-state index in [1.165, 1.54) is 44.5 Å². The minimum atomic E-state index is 0.374. The fraction of sp³-hybridized carbons (Fsp3) is 0.170. The van der Waals surface area contributed by atoms with Gasteiger partial charge in [0.05, 0.1) is 11.8 Å². The highest BCUT2D eigenvalue weighted by Gasteiger charge is 2.27. The van der Waals surface area contributed by atoms with E-state index >= 15 is 0 Å². The van der Waals surface area contributed by atoms with Crippen molar-refractivity contribution in [3.63, 3.8) is 0 Å². The molecule has 1 aromatic heterocycles. The van der Waals surface area contributed by atoms with Crippen molar-refractivity contribution in [1.29, 1.82) is 0 Å². The van der Waals surface area contributed by atoms with Crippen molar-refractivity contribution in [2.45, 2.75) is 46.1 Å². The predicted molar refractivity (Wildman–Crippen MR) is 209 cm³/mol. The lowest BCUT2D eigenvalue weighted by molar-refractivity contribution is -0.674. The molecule has 1 unspecified atom stereocenters. The lowest BCUT2D eigenvalue weighted by atomic mass is 9.77. The Morgan fingerprint density at radius 1 is 0.706 bits per heavy atom. The summed E-state index contributed by atoms with van der Waals surface area (Å²) >= 11 is 0. The molecule has 0 saturated heterocycles. The first-order valence-electron chi connectivity index (χ1n) is 18.1. The second-order valence-electron chi connectivity index (χ2n) is 13.3. The minimum absolute atomic E-state index is 0.374. The maximum absolute atomic E-state index is 6.46. The van der Waals surface area contributed by atoms with Gasteiger partial charge >= 0.3 is 5.89 Å². The zero-order chi connectivity index (χ0) is 34.7. The van der Waals surface area contributed by atoms with E-state index in [0.29, 0.717) is 5.92 Å². The van der Waals surface area contributed by atoms with E-state index in [2.05, 4.69) is 182 Å². The van der Waals surface area contributed by atoms with Crippen LogP contribution in [-0.4, -0.2) is 6.54 Å². The van der Waals surface area contributed by atoms with E-state index in [0.717, 1.165) is 60.2 Å². The van der Waals surface area contributed by atoms with Gasteiger partial charge in [-0.1, -0.05) is 109 Å². The summed E-state index contributed by atoms with van der Waals surface area (Å²) < 4.78 is 15.2. The number of hydrogen-bond donors (Lipinski definition) is 0. The average molecular weight is 668 g/mol. The van der Waals surface area contributed by atoms with E-state index in [1.807, 2.05) is 0 Å². The van der Waals surface area contributed by atoms with Crippen LogP contribution in [0.2, 0.25) is 0 Å². The highest BCUT2D eigenvalue weighted by atomic mass is 16.5. The molecule has 4 heteroatoms. The van der Waals surface area contributed by atoms with Gasteiger partial charge in [-0.25, -0.2) is 0 Å². The first-order chi connectivity index (χ1) is 25.1. The van der Waals surface area contributed by atoms with Gasteiger partial charge < -0.3 is 14.1 Å². The highest BCUT2D eigenvalue weighted by Crippen LogP contribution is 2.43. The van der Waals surface area contributed by atoms with Gasteiger partial charge in [-0.3, -0.25) is 0 Å². The van der Waals surface area contributed by atoms with Crippen molar-refractivity contribution >= 4 is 22.9 Å². The van der Waals surface area contributed by atoms with Crippen LogP contribution in [-0.2, 0) is 6.54 Å². The number of oxazole rings is 1. The number of allylic oxidation sites excluding steroid dienone is 6. The summed E-state index contributed by atoms with van der Waals surface area (Å²) in [6.45, 7) is 8.25. The zero-order valence-electron chi connectivity index (χ0n) is 29.6. The Labute approximate surface area is 301 Å². The normalized spacial score (nSPS) is 17.5. The Hall–Kier alpha value is -5.87. The molecule has 5 aromatic carbocycles. The molecule has 0 bridgehead atoms. The first kappa shape index (κ1) is 32.3. The number of anilines is 1. The molecule has 1 aliphatic heterocycles. The molecule has 4 nitrogen and oxygen atoms in total. The van der Waals surface area contributed by atoms with E-state index < -0.39 is 0 Å². The number of aryl methyl sites for hydroxylation is 1. The molecule has 0 radical (unpaired) electrons. The Morgan fingerprint density at radius 3 is 2.06 bits per heavy atom. The molecule has 0 amide bonds. The highest BCUT2D eigenvalue weighted by molar-refractivity contribution is 5.79. The van der Waals surface area contributed by atoms with Crippen LogP contribution in [0.3, 0.4) is 0 Å². The van der Waals surface area contributed by atoms with E-state index in [4.69, 9.17) is 9.15 Å². The second-order valence-corrected chi connectivity index (χ2v) is 13.3. The number of fused-ring (bicyclic) bond motifs is 2. The largest absolute Gasteiger partial charge is 0.439 e. The molecule has 8 rings (SSSR count). The standard InChI is InChI=1S/C47H43N2O2/c1-4-48-42-31-39(34-15-9-6-10-16-34)21-25-44(42)50-46(48)27-23-37-29-41(36-19-13-8-14-20-36)30-38(33(37)3)24-28-47-49(5-2)43-32-40(22-26-45(43)51-47)35-17-11-7-12-18-35/h6-28,31-32,41H,4-5,29-30H2,1-3H3/q+1. The molecule has 0 saturated carbocycles. The lowest BCUT2D eigenvalue weighted by Crippen LogP contribution is -2.33. The van der Waals surface area contributed by atoms with E-state index in [9.17, 15) is 0 Å². The van der Waals surface area contributed by atoms with Crippen molar-refractivity contribution in [2.24, 2.45) is 0 Å². The minimum Gasteiger partial charge on any atom is -0.439 e. The molecule has 2 aliphatic rings. The van der Waals surface area contributed by atoms with Crippen molar-refractivity contribution < 1.29 is 13.7 Å². The smallest absolute Gasteiger partial charge is 0.374 e. The molecule has 0 spiro atoms. The zero-order valence-corrected chi connectivity index (χ0v) is 29.6. The van der Waals surface area contributed by atoms with Crippen LogP contribution in [0.4, 0.5) is 5.69 Å². The summed E-state index contributed by atoms with van der Waals surface area (Å²) in [6, 6.07) is 44.9. The monoisotopic (exact) mass is 667 g/mol. The summed E-state index contributed by atoms with van der Waals surface area (Å²) in [7, 11) is 0. The average Bonchev–Trinajstić information content (AvgIpc) is 3.74. The molecule has 1 atom stereocenters. The Morgan fingerprint density at radius 2 is 1.37 bits per heavy atom. The Bertz CT molecular complexity index is 2310. The maximum atomic E-state index is 6.46. The third kappa shape index (κ3) is 6.46. The molecule has 2 heterocycles. The topological polar surface area (TPSA) is 29.5 Å². The summed E-state index contributed by atoms with van der Waals surface area (Å²) in [6.07, 6.45) is 10.8. The van der Waals surface area contributed by atoms with E-state index in [1.54, 1.807) is 0 Å². The van der Waals surface area contributed by atoms with Crippen LogP contribution >= 0.6 is 0 Å². The van der Waals surface area contributed by atoms with Gasteiger partial charge in [0.15, 0.2) is 5.75 Å². The van der Waals surface area contributed by atoms with Gasteiger partial charge in [-0.05, 0) is 114 Å². The predicted octanol–water partition coefficient (Wildman–Crippen LogP) is 11.7.